The summed E-state index contributed by atoms with van der Waals surface area (Å²) in [4.78, 5) is 0. The van der Waals surface area contributed by atoms with Crippen LogP contribution in [0.25, 0.3) is 0 Å². The number of hydrogen-bond donors (Lipinski definition) is 2. The van der Waals surface area contributed by atoms with E-state index < -0.39 is 0 Å². The zero-order valence-electron chi connectivity index (χ0n) is 10.9. The molecule has 0 bridgehead atoms. The van der Waals surface area contributed by atoms with Crippen LogP contribution in [0.15, 0.2) is 0 Å². The van der Waals surface area contributed by atoms with Gasteiger partial charge in [0.15, 0.2) is 0 Å². The second kappa shape index (κ2) is 5.50. The predicted molar refractivity (Wildman–Crippen MR) is 69.3 cm³/mol. The molecule has 2 heteroatoms. The summed E-state index contributed by atoms with van der Waals surface area (Å²) in [5.74, 6) is 2.47. The Labute approximate surface area is 100 Å². The first-order valence-electron chi connectivity index (χ1n) is 7.18. The van der Waals surface area contributed by atoms with Crippen molar-refractivity contribution in [1.82, 2.24) is 5.32 Å². The average molecular weight is 224 g/mol. The maximum Gasteiger partial charge on any atom is 0.0110 e. The van der Waals surface area contributed by atoms with Gasteiger partial charge >= 0.3 is 0 Å². The molecule has 0 aromatic rings. The monoisotopic (exact) mass is 224 g/mol. The molecule has 0 aliphatic heterocycles. The highest BCUT2D eigenvalue weighted by Crippen LogP contribution is 2.32. The molecule has 5 unspecified atom stereocenters. The van der Waals surface area contributed by atoms with Crippen LogP contribution in [0.1, 0.15) is 52.4 Å². The normalized spacial score (nSPS) is 44.8. The van der Waals surface area contributed by atoms with E-state index >= 15 is 0 Å². The summed E-state index contributed by atoms with van der Waals surface area (Å²) < 4.78 is 0. The van der Waals surface area contributed by atoms with Gasteiger partial charge in [-0.15, -0.1) is 0 Å². The Morgan fingerprint density at radius 3 is 2.44 bits per heavy atom. The Kier molecular flexibility index (Phi) is 4.26. The Morgan fingerprint density at radius 2 is 1.69 bits per heavy atom. The van der Waals surface area contributed by atoms with Gasteiger partial charge in [-0.1, -0.05) is 33.1 Å². The molecular weight excluding hydrogens is 196 g/mol. The van der Waals surface area contributed by atoms with Gasteiger partial charge in [0.25, 0.3) is 0 Å². The molecule has 0 heterocycles. The lowest BCUT2D eigenvalue weighted by atomic mass is 9.77. The van der Waals surface area contributed by atoms with Crippen molar-refractivity contribution in [3.8, 4) is 0 Å². The molecule has 0 saturated heterocycles. The maximum absolute atomic E-state index is 5.85. The minimum atomic E-state index is 0.711. The molecule has 2 nitrogen and oxygen atoms in total. The second-order valence-electron chi connectivity index (χ2n) is 6.07. The fraction of sp³-hybridized carbons (Fsp3) is 1.00. The molecule has 0 radical (unpaired) electrons. The topological polar surface area (TPSA) is 38.0 Å². The first kappa shape index (κ1) is 12.4. The lowest BCUT2D eigenvalue weighted by Crippen LogP contribution is -2.48. The van der Waals surface area contributed by atoms with Crippen LogP contribution >= 0.6 is 0 Å². The molecule has 16 heavy (non-hydrogen) atoms. The SMILES string of the molecule is CC1CCCC(NC2CCCC2CN)C1C. The molecular formula is C14H28N2. The van der Waals surface area contributed by atoms with E-state index in [-0.39, 0.29) is 0 Å². The third-order valence-electron chi connectivity index (χ3n) is 5.10. The van der Waals surface area contributed by atoms with Crippen molar-refractivity contribution in [3.63, 3.8) is 0 Å². The fourth-order valence-electron chi connectivity index (χ4n) is 3.63. The lowest BCUT2D eigenvalue weighted by molar-refractivity contribution is 0.184. The third-order valence-corrected chi connectivity index (χ3v) is 5.10. The zero-order chi connectivity index (χ0) is 11.5. The Morgan fingerprint density at radius 1 is 1.00 bits per heavy atom. The quantitative estimate of drug-likeness (QED) is 0.773. The molecule has 0 amide bonds. The Hall–Kier alpha value is -0.0800. The highest BCUT2D eigenvalue weighted by molar-refractivity contribution is 4.90. The molecule has 5 atom stereocenters. The largest absolute Gasteiger partial charge is 0.330 e. The summed E-state index contributed by atoms with van der Waals surface area (Å²) in [6, 6.07) is 1.46. The van der Waals surface area contributed by atoms with E-state index in [4.69, 9.17) is 5.73 Å². The van der Waals surface area contributed by atoms with Crippen molar-refractivity contribution in [1.29, 1.82) is 0 Å². The maximum atomic E-state index is 5.85. The van der Waals surface area contributed by atoms with Gasteiger partial charge in [0.05, 0.1) is 0 Å². The first-order chi connectivity index (χ1) is 7.72. The molecule has 3 N–H and O–H groups in total. The third kappa shape index (κ3) is 2.60. The second-order valence-corrected chi connectivity index (χ2v) is 6.07. The number of nitrogens with two attached hydrogens (primary N) is 1. The van der Waals surface area contributed by atoms with Gasteiger partial charge < -0.3 is 11.1 Å². The van der Waals surface area contributed by atoms with Gasteiger partial charge in [0.2, 0.25) is 0 Å². The van der Waals surface area contributed by atoms with E-state index in [9.17, 15) is 0 Å². The van der Waals surface area contributed by atoms with E-state index in [0.717, 1.165) is 30.3 Å². The molecule has 2 rings (SSSR count). The van der Waals surface area contributed by atoms with E-state index in [2.05, 4.69) is 19.2 Å². The van der Waals surface area contributed by atoms with Crippen molar-refractivity contribution in [2.45, 2.75) is 64.5 Å². The predicted octanol–water partition coefficient (Wildman–Crippen LogP) is 2.53. The summed E-state index contributed by atoms with van der Waals surface area (Å²) in [5.41, 5.74) is 5.85. The van der Waals surface area contributed by atoms with Crippen LogP contribution in [0.5, 0.6) is 0 Å². The van der Waals surface area contributed by atoms with Crippen LogP contribution in [-0.2, 0) is 0 Å². The fourth-order valence-corrected chi connectivity index (χ4v) is 3.63. The van der Waals surface area contributed by atoms with Crippen molar-refractivity contribution >= 4 is 0 Å². The van der Waals surface area contributed by atoms with Gasteiger partial charge in [-0.2, -0.15) is 0 Å². The van der Waals surface area contributed by atoms with Crippen LogP contribution in [0, 0.1) is 17.8 Å². The minimum absolute atomic E-state index is 0.711. The molecule has 0 spiro atoms. The van der Waals surface area contributed by atoms with Crippen LogP contribution in [0.4, 0.5) is 0 Å². The van der Waals surface area contributed by atoms with Crippen molar-refractivity contribution in [2.75, 3.05) is 6.54 Å². The summed E-state index contributed by atoms with van der Waals surface area (Å²) in [7, 11) is 0. The van der Waals surface area contributed by atoms with Crippen LogP contribution < -0.4 is 11.1 Å². The van der Waals surface area contributed by atoms with E-state index in [0.29, 0.717) is 6.04 Å². The number of rotatable bonds is 3. The smallest absolute Gasteiger partial charge is 0.0110 e. The molecule has 2 fully saturated rings. The highest BCUT2D eigenvalue weighted by atomic mass is 15.0. The molecule has 2 aliphatic rings. The Bertz CT molecular complexity index is 217. The summed E-state index contributed by atoms with van der Waals surface area (Å²) in [5, 5.41) is 3.92. The van der Waals surface area contributed by atoms with Gasteiger partial charge in [-0.25, -0.2) is 0 Å². The molecule has 2 aliphatic carbocycles. The highest BCUT2D eigenvalue weighted by Gasteiger charge is 2.32. The molecule has 0 aromatic carbocycles. The minimum Gasteiger partial charge on any atom is -0.330 e. The van der Waals surface area contributed by atoms with Crippen LogP contribution in [0.2, 0.25) is 0 Å². The summed E-state index contributed by atoms with van der Waals surface area (Å²) in [6.45, 7) is 5.70. The van der Waals surface area contributed by atoms with E-state index in [1.54, 1.807) is 0 Å². The van der Waals surface area contributed by atoms with Gasteiger partial charge in [0.1, 0.15) is 0 Å². The molecule has 94 valence electrons. The van der Waals surface area contributed by atoms with Crippen molar-refractivity contribution in [2.24, 2.45) is 23.5 Å². The lowest BCUT2D eigenvalue weighted by Gasteiger charge is -2.37. The zero-order valence-corrected chi connectivity index (χ0v) is 10.9. The molecule has 2 saturated carbocycles. The summed E-state index contributed by atoms with van der Waals surface area (Å²) >= 11 is 0. The summed E-state index contributed by atoms with van der Waals surface area (Å²) in [6.07, 6.45) is 8.26. The van der Waals surface area contributed by atoms with Gasteiger partial charge in [-0.05, 0) is 43.6 Å². The van der Waals surface area contributed by atoms with E-state index in [1.165, 1.54) is 38.5 Å². The van der Waals surface area contributed by atoms with Gasteiger partial charge in [0, 0.05) is 12.1 Å². The standard InChI is InChI=1S/C14H28N2/c1-10-5-3-7-13(11(10)2)16-14-8-4-6-12(14)9-15/h10-14,16H,3-9,15H2,1-2H3. The van der Waals surface area contributed by atoms with E-state index in [1.807, 2.05) is 0 Å². The number of nitrogens with one attached hydrogen (secondary N) is 1. The van der Waals surface area contributed by atoms with Crippen molar-refractivity contribution < 1.29 is 0 Å². The Balaban J connectivity index is 1.88. The molecule has 0 aromatic heterocycles. The van der Waals surface area contributed by atoms with Crippen LogP contribution in [0.3, 0.4) is 0 Å². The average Bonchev–Trinajstić information content (AvgIpc) is 2.72. The number of hydrogen-bond acceptors (Lipinski definition) is 2. The van der Waals surface area contributed by atoms with Crippen LogP contribution in [-0.4, -0.2) is 18.6 Å². The first-order valence-corrected chi connectivity index (χ1v) is 7.18. The van der Waals surface area contributed by atoms with Gasteiger partial charge in [-0.3, -0.25) is 0 Å². The van der Waals surface area contributed by atoms with Crippen molar-refractivity contribution in [3.05, 3.63) is 0 Å².